The van der Waals surface area contributed by atoms with Gasteiger partial charge in [-0.05, 0) is 52.0 Å². The van der Waals surface area contributed by atoms with Gasteiger partial charge in [0.05, 0.1) is 12.7 Å². The quantitative estimate of drug-likeness (QED) is 0.758. The minimum Gasteiger partial charge on any atom is -0.394 e. The summed E-state index contributed by atoms with van der Waals surface area (Å²) in [5, 5.41) is 13.5. The van der Waals surface area contributed by atoms with E-state index in [0.29, 0.717) is 18.2 Å². The van der Waals surface area contributed by atoms with Gasteiger partial charge in [0.2, 0.25) is 0 Å². The number of aliphatic hydroxyl groups excluding tert-OH is 1. The zero-order chi connectivity index (χ0) is 13.3. The molecule has 110 valence electrons. The fourth-order valence-corrected chi connectivity index (χ4v) is 3.71. The predicted molar refractivity (Wildman–Crippen MR) is 75.2 cm³/mol. The Morgan fingerprint density at radius 1 is 1.32 bits per heavy atom. The van der Waals surface area contributed by atoms with Gasteiger partial charge >= 0.3 is 0 Å². The Balaban J connectivity index is 1.51. The van der Waals surface area contributed by atoms with E-state index in [1.54, 1.807) is 0 Å². The Morgan fingerprint density at radius 2 is 2.16 bits per heavy atom. The highest BCUT2D eigenvalue weighted by atomic mass is 16.5. The fourth-order valence-electron chi connectivity index (χ4n) is 3.71. The molecule has 0 aromatic rings. The van der Waals surface area contributed by atoms with Crippen LogP contribution in [0.4, 0.5) is 0 Å². The number of likely N-dealkylation sites (N-methyl/N-ethyl adjacent to an activating group) is 1. The lowest BCUT2D eigenvalue weighted by Gasteiger charge is -2.31. The number of nitrogens with zero attached hydrogens (tertiary/aromatic N) is 1. The second-order valence-corrected chi connectivity index (χ2v) is 6.83. The van der Waals surface area contributed by atoms with Crippen LogP contribution < -0.4 is 5.32 Å². The summed E-state index contributed by atoms with van der Waals surface area (Å²) >= 11 is 0. The Labute approximate surface area is 116 Å². The molecule has 1 aliphatic heterocycles. The predicted octanol–water partition coefficient (Wildman–Crippen LogP) is 1.13. The van der Waals surface area contributed by atoms with Gasteiger partial charge in [-0.15, -0.1) is 0 Å². The first kappa shape index (κ1) is 13.8. The average Bonchev–Trinajstić information content (AvgIpc) is 2.92. The van der Waals surface area contributed by atoms with Crippen molar-refractivity contribution in [3.63, 3.8) is 0 Å². The van der Waals surface area contributed by atoms with Crippen molar-refractivity contribution < 1.29 is 9.84 Å². The van der Waals surface area contributed by atoms with E-state index in [4.69, 9.17) is 4.74 Å². The molecule has 2 saturated carbocycles. The summed E-state index contributed by atoms with van der Waals surface area (Å²) in [6.07, 6.45) is 8.84. The lowest BCUT2D eigenvalue weighted by atomic mass is 9.98. The molecule has 4 heteroatoms. The van der Waals surface area contributed by atoms with Crippen LogP contribution in [0.3, 0.4) is 0 Å². The normalized spacial score (nSPS) is 39.3. The standard InChI is InChI=1S/C15H28N2O2/c1-17(10-14-3-2-8-19-14)13-6-7-15(9-13,11-18)16-12-4-5-12/h12-14,16,18H,2-11H2,1H3. The van der Waals surface area contributed by atoms with Crippen molar-refractivity contribution in [1.29, 1.82) is 0 Å². The summed E-state index contributed by atoms with van der Waals surface area (Å²) in [6.45, 7) is 2.27. The van der Waals surface area contributed by atoms with E-state index in [9.17, 15) is 5.11 Å². The van der Waals surface area contributed by atoms with Crippen molar-refractivity contribution >= 4 is 0 Å². The molecular weight excluding hydrogens is 240 g/mol. The molecule has 0 spiro atoms. The summed E-state index contributed by atoms with van der Waals surface area (Å²) in [5.74, 6) is 0. The van der Waals surface area contributed by atoms with Crippen LogP contribution >= 0.6 is 0 Å². The summed E-state index contributed by atoms with van der Waals surface area (Å²) in [5.41, 5.74) is -0.00335. The third-order valence-corrected chi connectivity index (χ3v) is 5.11. The highest BCUT2D eigenvalue weighted by Crippen LogP contribution is 2.36. The molecule has 1 saturated heterocycles. The van der Waals surface area contributed by atoms with Gasteiger partial charge < -0.3 is 20.1 Å². The van der Waals surface area contributed by atoms with E-state index < -0.39 is 0 Å². The minimum absolute atomic E-state index is 0.00335. The molecule has 0 aromatic heterocycles. The average molecular weight is 268 g/mol. The number of ether oxygens (including phenoxy) is 1. The number of hydrogen-bond donors (Lipinski definition) is 2. The van der Waals surface area contributed by atoms with Crippen molar-refractivity contribution in [2.24, 2.45) is 0 Å². The second kappa shape index (κ2) is 5.68. The molecule has 0 amide bonds. The highest BCUT2D eigenvalue weighted by Gasteiger charge is 2.43. The van der Waals surface area contributed by atoms with E-state index in [2.05, 4.69) is 17.3 Å². The molecule has 19 heavy (non-hydrogen) atoms. The Kier molecular flexibility index (Phi) is 4.13. The largest absolute Gasteiger partial charge is 0.394 e. The molecule has 1 heterocycles. The maximum absolute atomic E-state index is 9.77. The first-order chi connectivity index (χ1) is 9.21. The van der Waals surface area contributed by atoms with Crippen molar-refractivity contribution in [2.75, 3.05) is 26.8 Å². The van der Waals surface area contributed by atoms with Gasteiger partial charge in [0, 0.05) is 30.8 Å². The Hall–Kier alpha value is -0.160. The molecule has 3 fully saturated rings. The summed E-state index contributed by atoms with van der Waals surface area (Å²) < 4.78 is 5.73. The van der Waals surface area contributed by atoms with Crippen molar-refractivity contribution in [1.82, 2.24) is 10.2 Å². The monoisotopic (exact) mass is 268 g/mol. The van der Waals surface area contributed by atoms with Crippen molar-refractivity contribution in [3.8, 4) is 0 Å². The maximum Gasteiger partial charge on any atom is 0.0702 e. The Bertz CT molecular complexity index is 303. The van der Waals surface area contributed by atoms with E-state index >= 15 is 0 Å². The first-order valence-electron chi connectivity index (χ1n) is 7.91. The summed E-state index contributed by atoms with van der Waals surface area (Å²) in [4.78, 5) is 2.46. The van der Waals surface area contributed by atoms with Crippen LogP contribution in [0.5, 0.6) is 0 Å². The highest BCUT2D eigenvalue weighted by molar-refractivity contribution is 5.03. The lowest BCUT2D eigenvalue weighted by molar-refractivity contribution is 0.0656. The zero-order valence-electron chi connectivity index (χ0n) is 12.1. The van der Waals surface area contributed by atoms with Gasteiger partial charge in [0.25, 0.3) is 0 Å². The number of aliphatic hydroxyl groups is 1. The smallest absolute Gasteiger partial charge is 0.0702 e. The van der Waals surface area contributed by atoms with E-state index in [0.717, 1.165) is 26.0 Å². The summed E-state index contributed by atoms with van der Waals surface area (Å²) in [7, 11) is 2.22. The number of hydrogen-bond acceptors (Lipinski definition) is 4. The van der Waals surface area contributed by atoms with Gasteiger partial charge in [-0.25, -0.2) is 0 Å². The van der Waals surface area contributed by atoms with Crippen LogP contribution in [0.25, 0.3) is 0 Å². The third-order valence-electron chi connectivity index (χ3n) is 5.11. The lowest BCUT2D eigenvalue weighted by Crippen LogP contribution is -2.49. The molecule has 3 unspecified atom stereocenters. The van der Waals surface area contributed by atoms with Gasteiger partial charge in [-0.3, -0.25) is 0 Å². The van der Waals surface area contributed by atoms with E-state index in [1.807, 2.05) is 0 Å². The molecule has 2 aliphatic carbocycles. The molecule has 3 atom stereocenters. The van der Waals surface area contributed by atoms with Crippen LogP contribution in [-0.2, 0) is 4.74 Å². The second-order valence-electron chi connectivity index (χ2n) is 6.83. The fraction of sp³-hybridized carbons (Fsp3) is 1.00. The van der Waals surface area contributed by atoms with Crippen LogP contribution in [-0.4, -0.2) is 60.5 Å². The van der Waals surface area contributed by atoms with Crippen LogP contribution in [0, 0.1) is 0 Å². The molecule has 0 radical (unpaired) electrons. The summed E-state index contributed by atoms with van der Waals surface area (Å²) in [6, 6.07) is 1.27. The van der Waals surface area contributed by atoms with Gasteiger partial charge in [-0.1, -0.05) is 0 Å². The maximum atomic E-state index is 9.77. The molecule has 0 aromatic carbocycles. The van der Waals surface area contributed by atoms with Crippen molar-refractivity contribution in [2.45, 2.75) is 68.7 Å². The first-order valence-corrected chi connectivity index (χ1v) is 7.91. The van der Waals surface area contributed by atoms with Gasteiger partial charge in [0.15, 0.2) is 0 Å². The molecule has 2 N–H and O–H groups in total. The van der Waals surface area contributed by atoms with Gasteiger partial charge in [0.1, 0.15) is 0 Å². The molecule has 0 bridgehead atoms. The zero-order valence-corrected chi connectivity index (χ0v) is 12.1. The number of rotatable bonds is 6. The molecule has 4 nitrogen and oxygen atoms in total. The van der Waals surface area contributed by atoms with Crippen LogP contribution in [0.2, 0.25) is 0 Å². The van der Waals surface area contributed by atoms with Crippen LogP contribution in [0.1, 0.15) is 44.9 Å². The topological polar surface area (TPSA) is 44.7 Å². The molecule has 3 aliphatic rings. The molecule has 3 rings (SSSR count). The van der Waals surface area contributed by atoms with Crippen molar-refractivity contribution in [3.05, 3.63) is 0 Å². The van der Waals surface area contributed by atoms with Gasteiger partial charge in [-0.2, -0.15) is 0 Å². The van der Waals surface area contributed by atoms with Crippen LogP contribution in [0.15, 0.2) is 0 Å². The minimum atomic E-state index is -0.00335. The SMILES string of the molecule is CN(CC1CCCO1)C1CCC(CO)(NC2CC2)C1. The van der Waals surface area contributed by atoms with E-state index in [-0.39, 0.29) is 12.1 Å². The third kappa shape index (κ3) is 3.30. The number of nitrogens with one attached hydrogen (secondary N) is 1. The van der Waals surface area contributed by atoms with E-state index in [1.165, 1.54) is 32.1 Å². The molecular formula is C15H28N2O2. The Morgan fingerprint density at radius 3 is 2.79 bits per heavy atom.